The molecule has 1 fully saturated rings. The lowest BCUT2D eigenvalue weighted by Crippen LogP contribution is -2.03. The molecular formula is C16H20N4S. The van der Waals surface area contributed by atoms with E-state index in [2.05, 4.69) is 27.1 Å². The molecule has 0 saturated heterocycles. The van der Waals surface area contributed by atoms with Crippen molar-refractivity contribution < 1.29 is 0 Å². The monoisotopic (exact) mass is 300 g/mol. The summed E-state index contributed by atoms with van der Waals surface area (Å²) in [7, 11) is 0. The molecule has 0 aliphatic heterocycles. The third-order valence-corrected chi connectivity index (χ3v) is 4.85. The van der Waals surface area contributed by atoms with Crippen LogP contribution in [0.25, 0.3) is 0 Å². The molecule has 1 N–H and O–H groups in total. The fourth-order valence-corrected chi connectivity index (χ4v) is 3.70. The van der Waals surface area contributed by atoms with E-state index in [-0.39, 0.29) is 0 Å². The van der Waals surface area contributed by atoms with Crippen LogP contribution >= 0.6 is 11.3 Å². The van der Waals surface area contributed by atoms with E-state index in [0.717, 1.165) is 17.2 Å². The molecule has 2 aromatic heterocycles. The van der Waals surface area contributed by atoms with Gasteiger partial charge in [-0.15, -0.1) is 10.2 Å². The number of allylic oxidation sites excluding steroid dienone is 1. The van der Waals surface area contributed by atoms with Gasteiger partial charge in [0.2, 0.25) is 5.13 Å². The molecule has 3 rings (SSSR count). The number of anilines is 1. The molecule has 0 radical (unpaired) electrons. The van der Waals surface area contributed by atoms with Gasteiger partial charge in [-0.3, -0.25) is 4.98 Å². The number of nitrogens with one attached hydrogen (secondary N) is 1. The summed E-state index contributed by atoms with van der Waals surface area (Å²) in [6.07, 6.45) is 10.9. The smallest absolute Gasteiger partial charge is 0.209 e. The molecule has 4 nitrogen and oxygen atoms in total. The van der Waals surface area contributed by atoms with Gasteiger partial charge in [0, 0.05) is 30.4 Å². The summed E-state index contributed by atoms with van der Waals surface area (Å²) in [5, 5.41) is 13.9. The highest BCUT2D eigenvalue weighted by Crippen LogP contribution is 2.35. The first-order valence-corrected chi connectivity index (χ1v) is 8.30. The van der Waals surface area contributed by atoms with Crippen molar-refractivity contribution in [2.75, 3.05) is 5.32 Å². The van der Waals surface area contributed by atoms with Crippen LogP contribution in [0.4, 0.5) is 5.13 Å². The zero-order valence-electron chi connectivity index (χ0n) is 12.1. The fraction of sp³-hybridized carbons (Fsp3) is 0.438. The second-order valence-corrected chi connectivity index (χ2v) is 6.55. The van der Waals surface area contributed by atoms with Crippen LogP contribution in [0, 0.1) is 0 Å². The molecule has 0 aromatic carbocycles. The van der Waals surface area contributed by atoms with Gasteiger partial charge in [-0.25, -0.2) is 0 Å². The predicted octanol–water partition coefficient (Wildman–Crippen LogP) is 4.15. The number of hydrogen-bond acceptors (Lipinski definition) is 5. The standard InChI is InChI=1S/C16H20N4S/c1-12(11-13-7-9-17-10-8-13)18-16-20-19-15(21-16)14-5-3-2-4-6-14/h7-10,14H,1-6,11H2,(H,18,20). The molecule has 110 valence electrons. The lowest BCUT2D eigenvalue weighted by molar-refractivity contribution is 0.440. The number of hydrogen-bond donors (Lipinski definition) is 1. The largest absolute Gasteiger partial charge is 0.334 e. The molecule has 0 amide bonds. The van der Waals surface area contributed by atoms with E-state index in [1.807, 2.05) is 12.1 Å². The first-order chi connectivity index (χ1) is 10.3. The zero-order valence-corrected chi connectivity index (χ0v) is 12.9. The first-order valence-electron chi connectivity index (χ1n) is 7.48. The van der Waals surface area contributed by atoms with Crippen LogP contribution < -0.4 is 5.32 Å². The van der Waals surface area contributed by atoms with E-state index in [4.69, 9.17) is 0 Å². The second kappa shape index (κ2) is 6.80. The van der Waals surface area contributed by atoms with E-state index < -0.39 is 0 Å². The average Bonchev–Trinajstić information content (AvgIpc) is 2.97. The first kappa shape index (κ1) is 14.2. The Balaban J connectivity index is 1.57. The van der Waals surface area contributed by atoms with Crippen molar-refractivity contribution in [3.8, 4) is 0 Å². The summed E-state index contributed by atoms with van der Waals surface area (Å²) in [5.74, 6) is 0.611. The topological polar surface area (TPSA) is 50.7 Å². The van der Waals surface area contributed by atoms with Crippen LogP contribution in [0.1, 0.15) is 48.6 Å². The van der Waals surface area contributed by atoms with Gasteiger partial charge < -0.3 is 5.32 Å². The van der Waals surface area contributed by atoms with Gasteiger partial charge in [-0.2, -0.15) is 0 Å². The van der Waals surface area contributed by atoms with E-state index in [0.29, 0.717) is 5.92 Å². The van der Waals surface area contributed by atoms with Gasteiger partial charge in [0.1, 0.15) is 5.01 Å². The molecular weight excluding hydrogens is 280 g/mol. The summed E-state index contributed by atoms with van der Waals surface area (Å²) in [4.78, 5) is 4.02. The maximum atomic E-state index is 4.35. The molecule has 21 heavy (non-hydrogen) atoms. The van der Waals surface area contributed by atoms with E-state index in [1.54, 1.807) is 23.7 Å². The van der Waals surface area contributed by atoms with E-state index in [1.165, 1.54) is 42.7 Å². The Kier molecular flexibility index (Phi) is 4.60. The van der Waals surface area contributed by atoms with Gasteiger partial charge in [0.15, 0.2) is 0 Å². The maximum absolute atomic E-state index is 4.35. The van der Waals surface area contributed by atoms with Crippen molar-refractivity contribution in [1.82, 2.24) is 15.2 Å². The summed E-state index contributed by atoms with van der Waals surface area (Å²) >= 11 is 1.67. The van der Waals surface area contributed by atoms with Crippen molar-refractivity contribution in [3.63, 3.8) is 0 Å². The SMILES string of the molecule is C=C(Cc1ccncc1)Nc1nnc(C2CCCCC2)s1. The molecule has 0 atom stereocenters. The quantitative estimate of drug-likeness (QED) is 0.901. The van der Waals surface area contributed by atoms with E-state index >= 15 is 0 Å². The highest BCUT2D eigenvalue weighted by atomic mass is 32.1. The van der Waals surface area contributed by atoms with Crippen molar-refractivity contribution >= 4 is 16.5 Å². The second-order valence-electron chi connectivity index (χ2n) is 5.54. The molecule has 0 unspecified atom stereocenters. The normalized spacial score (nSPS) is 15.8. The van der Waals surface area contributed by atoms with Crippen molar-refractivity contribution in [3.05, 3.63) is 47.4 Å². The lowest BCUT2D eigenvalue weighted by atomic mass is 9.90. The molecule has 1 aliphatic rings. The van der Waals surface area contributed by atoms with Crippen LogP contribution in [-0.4, -0.2) is 15.2 Å². The van der Waals surface area contributed by atoms with Crippen LogP contribution in [0.15, 0.2) is 36.8 Å². The Morgan fingerprint density at radius 2 is 1.95 bits per heavy atom. The molecule has 0 spiro atoms. The third kappa shape index (κ3) is 3.88. The van der Waals surface area contributed by atoms with Crippen molar-refractivity contribution in [2.24, 2.45) is 0 Å². The number of rotatable bonds is 5. The van der Waals surface area contributed by atoms with Crippen molar-refractivity contribution in [1.29, 1.82) is 0 Å². The Morgan fingerprint density at radius 3 is 2.71 bits per heavy atom. The Labute approximate surface area is 129 Å². The lowest BCUT2D eigenvalue weighted by Gasteiger charge is -2.18. The average molecular weight is 300 g/mol. The zero-order chi connectivity index (χ0) is 14.5. The molecule has 2 heterocycles. The summed E-state index contributed by atoms with van der Waals surface area (Å²) in [6.45, 7) is 4.07. The summed E-state index contributed by atoms with van der Waals surface area (Å²) in [6, 6.07) is 4.00. The minimum absolute atomic E-state index is 0.611. The fourth-order valence-electron chi connectivity index (χ4n) is 2.74. The van der Waals surface area contributed by atoms with Gasteiger partial charge in [-0.05, 0) is 30.5 Å². The minimum Gasteiger partial charge on any atom is -0.334 e. The summed E-state index contributed by atoms with van der Waals surface area (Å²) < 4.78 is 0. The number of pyridine rings is 1. The maximum Gasteiger partial charge on any atom is 0.209 e. The van der Waals surface area contributed by atoms with Gasteiger partial charge in [0.05, 0.1) is 0 Å². The van der Waals surface area contributed by atoms with Gasteiger partial charge in [0.25, 0.3) is 0 Å². The molecule has 1 saturated carbocycles. The third-order valence-electron chi connectivity index (χ3n) is 3.85. The highest BCUT2D eigenvalue weighted by Gasteiger charge is 2.19. The predicted molar refractivity (Wildman–Crippen MR) is 86.4 cm³/mol. The Hall–Kier alpha value is -1.75. The Bertz CT molecular complexity index is 587. The molecule has 0 bridgehead atoms. The van der Waals surface area contributed by atoms with Crippen LogP contribution in [0.5, 0.6) is 0 Å². The van der Waals surface area contributed by atoms with Crippen molar-refractivity contribution in [2.45, 2.75) is 44.4 Å². The number of aromatic nitrogens is 3. The van der Waals surface area contributed by atoms with Gasteiger partial charge >= 0.3 is 0 Å². The Morgan fingerprint density at radius 1 is 1.19 bits per heavy atom. The summed E-state index contributed by atoms with van der Waals surface area (Å²) in [5.41, 5.74) is 2.13. The minimum atomic E-state index is 0.611. The molecule has 2 aromatic rings. The van der Waals surface area contributed by atoms with Crippen LogP contribution in [-0.2, 0) is 6.42 Å². The number of nitrogens with zero attached hydrogens (tertiary/aromatic N) is 3. The molecule has 1 aliphatic carbocycles. The van der Waals surface area contributed by atoms with Crippen LogP contribution in [0.3, 0.4) is 0 Å². The van der Waals surface area contributed by atoms with Crippen LogP contribution in [0.2, 0.25) is 0 Å². The molecule has 5 heteroatoms. The van der Waals surface area contributed by atoms with E-state index in [9.17, 15) is 0 Å². The highest BCUT2D eigenvalue weighted by molar-refractivity contribution is 7.15. The van der Waals surface area contributed by atoms with Gasteiger partial charge in [-0.1, -0.05) is 37.2 Å².